The van der Waals surface area contributed by atoms with E-state index in [-0.39, 0.29) is 11.9 Å². The maximum atomic E-state index is 12.0. The summed E-state index contributed by atoms with van der Waals surface area (Å²) in [5.41, 5.74) is 2.70. The number of hydrogen-bond acceptors (Lipinski definition) is 5. The van der Waals surface area contributed by atoms with E-state index in [2.05, 4.69) is 15.5 Å². The number of benzene rings is 1. The average molecular weight is 353 g/mol. The van der Waals surface area contributed by atoms with Gasteiger partial charge in [0.25, 0.3) is 5.91 Å². The predicted octanol–water partition coefficient (Wildman–Crippen LogP) is 4.42. The third-order valence-corrected chi connectivity index (χ3v) is 4.48. The summed E-state index contributed by atoms with van der Waals surface area (Å²) >= 11 is 1.35. The Bertz CT molecular complexity index is 895. The molecule has 0 fully saturated rings. The van der Waals surface area contributed by atoms with E-state index in [1.54, 1.807) is 6.20 Å². The summed E-state index contributed by atoms with van der Waals surface area (Å²) in [6, 6.07) is 9.98. The highest BCUT2D eigenvalue weighted by Crippen LogP contribution is 2.27. The SMILES string of the molecule is Cc1onc(-c2ccccc2)c1C=Cc1ncc(C(=O)NC(C)C)s1. The molecule has 0 saturated heterocycles. The molecule has 0 saturated carbocycles. The monoisotopic (exact) mass is 353 g/mol. The zero-order chi connectivity index (χ0) is 17.8. The molecule has 2 aromatic heterocycles. The molecular formula is C19H19N3O2S. The Kier molecular flexibility index (Phi) is 5.09. The molecule has 1 N–H and O–H groups in total. The van der Waals surface area contributed by atoms with Crippen LogP contribution in [0.1, 0.15) is 39.9 Å². The lowest BCUT2D eigenvalue weighted by atomic mass is 10.1. The third kappa shape index (κ3) is 4.03. The Morgan fingerprint density at radius 3 is 2.72 bits per heavy atom. The standard InChI is InChI=1S/C19H19N3O2S/c1-12(2)21-19(23)16-11-20-17(25-16)10-9-15-13(3)24-22-18(15)14-7-5-4-6-8-14/h4-12H,1-3H3,(H,21,23). The highest BCUT2D eigenvalue weighted by Gasteiger charge is 2.13. The number of carbonyl (C=O) groups is 1. The van der Waals surface area contributed by atoms with Crippen LogP contribution in [0.3, 0.4) is 0 Å². The van der Waals surface area contributed by atoms with E-state index in [0.29, 0.717) is 4.88 Å². The molecule has 6 heteroatoms. The van der Waals surface area contributed by atoms with Crippen LogP contribution in [-0.4, -0.2) is 22.1 Å². The minimum Gasteiger partial charge on any atom is -0.360 e. The fourth-order valence-corrected chi connectivity index (χ4v) is 3.06. The van der Waals surface area contributed by atoms with Crippen LogP contribution < -0.4 is 5.32 Å². The van der Waals surface area contributed by atoms with E-state index in [9.17, 15) is 4.79 Å². The summed E-state index contributed by atoms with van der Waals surface area (Å²) in [5.74, 6) is 0.641. The third-order valence-electron chi connectivity index (χ3n) is 3.52. The highest BCUT2D eigenvalue weighted by molar-refractivity contribution is 7.14. The van der Waals surface area contributed by atoms with E-state index >= 15 is 0 Å². The average Bonchev–Trinajstić information content (AvgIpc) is 3.20. The number of rotatable bonds is 5. The van der Waals surface area contributed by atoms with Crippen LogP contribution >= 0.6 is 11.3 Å². The van der Waals surface area contributed by atoms with Crippen LogP contribution in [0.25, 0.3) is 23.4 Å². The first-order valence-corrected chi connectivity index (χ1v) is 8.82. The van der Waals surface area contributed by atoms with Gasteiger partial charge in [0.1, 0.15) is 21.3 Å². The van der Waals surface area contributed by atoms with Gasteiger partial charge in [-0.05, 0) is 32.9 Å². The predicted molar refractivity (Wildman–Crippen MR) is 100 cm³/mol. The molecule has 0 unspecified atom stereocenters. The molecule has 5 nitrogen and oxygen atoms in total. The molecule has 0 atom stereocenters. The second-order valence-electron chi connectivity index (χ2n) is 5.89. The van der Waals surface area contributed by atoms with Gasteiger partial charge in [0.15, 0.2) is 0 Å². The van der Waals surface area contributed by atoms with Gasteiger partial charge in [-0.15, -0.1) is 11.3 Å². The highest BCUT2D eigenvalue weighted by atomic mass is 32.1. The zero-order valence-corrected chi connectivity index (χ0v) is 15.1. The number of carbonyl (C=O) groups excluding carboxylic acids is 1. The molecule has 1 amide bonds. The molecular weight excluding hydrogens is 334 g/mol. The van der Waals surface area contributed by atoms with Gasteiger partial charge in [-0.3, -0.25) is 4.79 Å². The van der Waals surface area contributed by atoms with Gasteiger partial charge >= 0.3 is 0 Å². The zero-order valence-electron chi connectivity index (χ0n) is 14.3. The normalized spacial score (nSPS) is 11.4. The van der Waals surface area contributed by atoms with Gasteiger partial charge in [-0.1, -0.05) is 35.5 Å². The molecule has 25 heavy (non-hydrogen) atoms. The Morgan fingerprint density at radius 2 is 2.00 bits per heavy atom. The van der Waals surface area contributed by atoms with E-state index in [1.807, 2.05) is 63.3 Å². The Hall–Kier alpha value is -2.73. The first-order chi connectivity index (χ1) is 12.0. The fourth-order valence-electron chi connectivity index (χ4n) is 2.34. The molecule has 0 bridgehead atoms. The Morgan fingerprint density at radius 1 is 1.24 bits per heavy atom. The minimum absolute atomic E-state index is 0.0988. The smallest absolute Gasteiger partial charge is 0.263 e. The van der Waals surface area contributed by atoms with E-state index < -0.39 is 0 Å². The van der Waals surface area contributed by atoms with E-state index in [4.69, 9.17) is 4.52 Å². The molecule has 3 rings (SSSR count). The number of aryl methyl sites for hydroxylation is 1. The van der Waals surface area contributed by atoms with Crippen molar-refractivity contribution in [3.05, 3.63) is 57.7 Å². The quantitative estimate of drug-likeness (QED) is 0.737. The molecule has 0 aliphatic carbocycles. The molecule has 0 aliphatic heterocycles. The van der Waals surface area contributed by atoms with Gasteiger partial charge in [0.05, 0.1) is 6.20 Å². The van der Waals surface area contributed by atoms with Gasteiger partial charge in [0, 0.05) is 17.2 Å². The van der Waals surface area contributed by atoms with Crippen LogP contribution in [0, 0.1) is 6.92 Å². The van der Waals surface area contributed by atoms with Crippen molar-refractivity contribution in [2.45, 2.75) is 26.8 Å². The maximum absolute atomic E-state index is 12.0. The first-order valence-electron chi connectivity index (χ1n) is 8.01. The summed E-state index contributed by atoms with van der Waals surface area (Å²) in [5, 5.41) is 7.78. The lowest BCUT2D eigenvalue weighted by Crippen LogP contribution is -2.29. The van der Waals surface area contributed by atoms with Crippen LogP contribution in [0.4, 0.5) is 0 Å². The van der Waals surface area contributed by atoms with Gasteiger partial charge < -0.3 is 9.84 Å². The molecule has 2 heterocycles. The summed E-state index contributed by atoms with van der Waals surface area (Å²) in [4.78, 5) is 16.9. The van der Waals surface area contributed by atoms with Crippen LogP contribution in [0.2, 0.25) is 0 Å². The number of nitrogens with zero attached hydrogens (tertiary/aromatic N) is 2. The molecule has 1 aromatic carbocycles. The van der Waals surface area contributed by atoms with Crippen molar-refractivity contribution in [2.75, 3.05) is 0 Å². The van der Waals surface area contributed by atoms with Crippen LogP contribution in [-0.2, 0) is 0 Å². The number of hydrogen-bond donors (Lipinski definition) is 1. The second kappa shape index (κ2) is 7.44. The van der Waals surface area contributed by atoms with Crippen molar-refractivity contribution < 1.29 is 9.32 Å². The lowest BCUT2D eigenvalue weighted by Gasteiger charge is -2.05. The number of nitrogens with one attached hydrogen (secondary N) is 1. The Balaban J connectivity index is 1.83. The van der Waals surface area contributed by atoms with Crippen molar-refractivity contribution >= 4 is 29.4 Å². The number of amides is 1. The van der Waals surface area contributed by atoms with E-state index in [0.717, 1.165) is 27.6 Å². The molecule has 0 spiro atoms. The summed E-state index contributed by atoms with van der Waals surface area (Å²) in [6.45, 7) is 5.74. The second-order valence-corrected chi connectivity index (χ2v) is 6.95. The summed E-state index contributed by atoms with van der Waals surface area (Å²) < 4.78 is 5.34. The maximum Gasteiger partial charge on any atom is 0.263 e. The Labute approximate surface area is 150 Å². The fraction of sp³-hybridized carbons (Fsp3) is 0.211. The van der Waals surface area contributed by atoms with Crippen molar-refractivity contribution in [2.24, 2.45) is 0 Å². The molecule has 0 radical (unpaired) electrons. The van der Waals surface area contributed by atoms with Gasteiger partial charge in [0.2, 0.25) is 0 Å². The van der Waals surface area contributed by atoms with Crippen molar-refractivity contribution in [1.29, 1.82) is 0 Å². The first kappa shape index (κ1) is 17.1. The summed E-state index contributed by atoms with van der Waals surface area (Å²) in [7, 11) is 0. The van der Waals surface area contributed by atoms with Crippen molar-refractivity contribution in [3.8, 4) is 11.3 Å². The van der Waals surface area contributed by atoms with Gasteiger partial charge in [-0.2, -0.15) is 0 Å². The largest absolute Gasteiger partial charge is 0.360 e. The molecule has 128 valence electrons. The molecule has 3 aromatic rings. The summed E-state index contributed by atoms with van der Waals surface area (Å²) in [6.07, 6.45) is 5.40. The topological polar surface area (TPSA) is 68.0 Å². The number of thiazole rings is 1. The van der Waals surface area contributed by atoms with Crippen LogP contribution in [0.5, 0.6) is 0 Å². The van der Waals surface area contributed by atoms with Crippen molar-refractivity contribution in [3.63, 3.8) is 0 Å². The lowest BCUT2D eigenvalue weighted by molar-refractivity contribution is 0.0947. The van der Waals surface area contributed by atoms with E-state index in [1.165, 1.54) is 11.3 Å². The van der Waals surface area contributed by atoms with Crippen LogP contribution in [0.15, 0.2) is 41.1 Å². The molecule has 0 aliphatic rings. The van der Waals surface area contributed by atoms with Gasteiger partial charge in [-0.25, -0.2) is 4.98 Å². The number of aromatic nitrogens is 2. The minimum atomic E-state index is -0.0988. The van der Waals surface area contributed by atoms with Crippen molar-refractivity contribution in [1.82, 2.24) is 15.5 Å².